The highest BCUT2D eigenvalue weighted by molar-refractivity contribution is 5.79. The first kappa shape index (κ1) is 11.2. The van der Waals surface area contributed by atoms with Crippen LogP contribution in [-0.4, -0.2) is 15.2 Å². The van der Waals surface area contributed by atoms with E-state index >= 15 is 0 Å². The van der Waals surface area contributed by atoms with Gasteiger partial charge in [0.2, 0.25) is 0 Å². The van der Waals surface area contributed by atoms with Crippen LogP contribution >= 0.6 is 0 Å². The van der Waals surface area contributed by atoms with Crippen molar-refractivity contribution in [3.05, 3.63) is 60.6 Å². The van der Waals surface area contributed by atoms with Gasteiger partial charge in [0.05, 0.1) is 23.5 Å². The van der Waals surface area contributed by atoms with Crippen molar-refractivity contribution >= 4 is 0 Å². The van der Waals surface area contributed by atoms with E-state index in [-0.39, 0.29) is 0 Å². The molecular formula is C15H10N4. The average Bonchev–Trinajstić information content (AvgIpc) is 2.98. The molecule has 0 aliphatic rings. The lowest BCUT2D eigenvalue weighted by atomic mass is 10.0. The summed E-state index contributed by atoms with van der Waals surface area (Å²) in [6, 6.07) is 13.4. The Morgan fingerprint density at radius 3 is 2.53 bits per heavy atom. The zero-order valence-electron chi connectivity index (χ0n) is 10.0. The van der Waals surface area contributed by atoms with Gasteiger partial charge in [-0.15, -0.1) is 0 Å². The SMILES string of the molecule is N#Cc1ccc(-c2[nH]ncc2-c2cccnc2)cc1. The normalized spacial score (nSPS) is 10.1. The molecule has 0 aliphatic heterocycles. The molecule has 0 saturated heterocycles. The van der Waals surface area contributed by atoms with Crippen molar-refractivity contribution in [3.8, 4) is 28.5 Å². The molecule has 1 N–H and O–H groups in total. The number of aromatic nitrogens is 3. The van der Waals surface area contributed by atoms with Crippen LogP contribution in [0.15, 0.2) is 55.0 Å². The summed E-state index contributed by atoms with van der Waals surface area (Å²) in [4.78, 5) is 4.12. The van der Waals surface area contributed by atoms with Gasteiger partial charge in [-0.25, -0.2) is 0 Å². The number of pyridine rings is 1. The van der Waals surface area contributed by atoms with Crippen LogP contribution in [0.5, 0.6) is 0 Å². The molecule has 0 fully saturated rings. The van der Waals surface area contributed by atoms with Gasteiger partial charge in [0, 0.05) is 29.1 Å². The number of hydrogen-bond acceptors (Lipinski definition) is 3. The molecule has 0 atom stereocenters. The summed E-state index contributed by atoms with van der Waals surface area (Å²) in [6.07, 6.45) is 5.33. The Morgan fingerprint density at radius 2 is 1.84 bits per heavy atom. The molecule has 0 radical (unpaired) electrons. The van der Waals surface area contributed by atoms with Crippen molar-refractivity contribution in [1.82, 2.24) is 15.2 Å². The molecule has 0 unspecified atom stereocenters. The van der Waals surface area contributed by atoms with Crippen molar-refractivity contribution in [1.29, 1.82) is 5.26 Å². The Bertz CT molecular complexity index is 721. The zero-order chi connectivity index (χ0) is 13.1. The molecule has 2 heterocycles. The molecule has 90 valence electrons. The highest BCUT2D eigenvalue weighted by Gasteiger charge is 2.09. The Hall–Kier alpha value is -2.93. The summed E-state index contributed by atoms with van der Waals surface area (Å²) in [5.74, 6) is 0. The molecule has 0 amide bonds. The molecular weight excluding hydrogens is 236 g/mol. The van der Waals surface area contributed by atoms with E-state index in [0.717, 1.165) is 22.4 Å². The average molecular weight is 246 g/mol. The second-order valence-electron chi connectivity index (χ2n) is 4.09. The first-order valence-electron chi connectivity index (χ1n) is 5.83. The summed E-state index contributed by atoms with van der Waals surface area (Å²) in [5.41, 5.74) is 4.58. The molecule has 4 heteroatoms. The molecule has 0 bridgehead atoms. The maximum absolute atomic E-state index is 8.81. The monoisotopic (exact) mass is 246 g/mol. The summed E-state index contributed by atoms with van der Waals surface area (Å²) in [6.45, 7) is 0. The number of hydrogen-bond donors (Lipinski definition) is 1. The number of H-pyrrole nitrogens is 1. The number of benzene rings is 1. The van der Waals surface area contributed by atoms with E-state index in [1.165, 1.54) is 0 Å². The van der Waals surface area contributed by atoms with E-state index < -0.39 is 0 Å². The number of nitriles is 1. The smallest absolute Gasteiger partial charge is 0.0991 e. The Balaban J connectivity index is 2.07. The quantitative estimate of drug-likeness (QED) is 0.755. The van der Waals surface area contributed by atoms with E-state index in [4.69, 9.17) is 5.26 Å². The minimum absolute atomic E-state index is 0.645. The molecule has 3 rings (SSSR count). The van der Waals surface area contributed by atoms with Gasteiger partial charge in [0.15, 0.2) is 0 Å². The Kier molecular flexibility index (Phi) is 2.79. The maximum Gasteiger partial charge on any atom is 0.0991 e. The first-order valence-corrected chi connectivity index (χ1v) is 5.83. The minimum atomic E-state index is 0.645. The van der Waals surface area contributed by atoms with Crippen LogP contribution in [0.25, 0.3) is 22.4 Å². The summed E-state index contributed by atoms with van der Waals surface area (Å²) in [7, 11) is 0. The molecule has 4 nitrogen and oxygen atoms in total. The van der Waals surface area contributed by atoms with E-state index in [1.54, 1.807) is 30.7 Å². The topological polar surface area (TPSA) is 65.4 Å². The number of nitrogens with one attached hydrogen (secondary N) is 1. The van der Waals surface area contributed by atoms with Gasteiger partial charge in [-0.05, 0) is 18.2 Å². The minimum Gasteiger partial charge on any atom is -0.277 e. The lowest BCUT2D eigenvalue weighted by Gasteiger charge is -2.03. The molecule has 0 spiro atoms. The van der Waals surface area contributed by atoms with Crippen LogP contribution in [0, 0.1) is 11.3 Å². The fourth-order valence-corrected chi connectivity index (χ4v) is 1.96. The third-order valence-electron chi connectivity index (χ3n) is 2.91. The van der Waals surface area contributed by atoms with Gasteiger partial charge in [-0.1, -0.05) is 18.2 Å². The highest BCUT2D eigenvalue weighted by atomic mass is 15.1. The van der Waals surface area contributed by atoms with Crippen LogP contribution in [0.2, 0.25) is 0 Å². The zero-order valence-corrected chi connectivity index (χ0v) is 10.0. The van der Waals surface area contributed by atoms with Crippen LogP contribution in [0.3, 0.4) is 0 Å². The van der Waals surface area contributed by atoms with Crippen LogP contribution < -0.4 is 0 Å². The fourth-order valence-electron chi connectivity index (χ4n) is 1.96. The predicted octanol–water partition coefficient (Wildman–Crippen LogP) is 3.01. The van der Waals surface area contributed by atoms with Crippen molar-refractivity contribution in [3.63, 3.8) is 0 Å². The maximum atomic E-state index is 8.81. The van der Waals surface area contributed by atoms with Crippen molar-refractivity contribution in [2.45, 2.75) is 0 Å². The van der Waals surface area contributed by atoms with E-state index in [1.807, 2.05) is 24.3 Å². The second kappa shape index (κ2) is 4.75. The molecule has 2 aromatic heterocycles. The van der Waals surface area contributed by atoms with Gasteiger partial charge >= 0.3 is 0 Å². The van der Waals surface area contributed by atoms with Gasteiger partial charge in [-0.2, -0.15) is 10.4 Å². The molecule has 1 aromatic carbocycles. The predicted molar refractivity (Wildman–Crippen MR) is 72.0 cm³/mol. The lowest BCUT2D eigenvalue weighted by Crippen LogP contribution is -1.84. The first-order chi connectivity index (χ1) is 9.38. The third-order valence-corrected chi connectivity index (χ3v) is 2.91. The van der Waals surface area contributed by atoms with Crippen LogP contribution in [0.4, 0.5) is 0 Å². The number of aromatic amines is 1. The molecule has 19 heavy (non-hydrogen) atoms. The van der Waals surface area contributed by atoms with Crippen LogP contribution in [-0.2, 0) is 0 Å². The third kappa shape index (κ3) is 2.09. The fraction of sp³-hybridized carbons (Fsp3) is 0. The van der Waals surface area contributed by atoms with Crippen molar-refractivity contribution in [2.75, 3.05) is 0 Å². The second-order valence-corrected chi connectivity index (χ2v) is 4.09. The Morgan fingerprint density at radius 1 is 1.00 bits per heavy atom. The summed E-state index contributed by atoms with van der Waals surface area (Å²) >= 11 is 0. The lowest BCUT2D eigenvalue weighted by molar-refractivity contribution is 1.10. The summed E-state index contributed by atoms with van der Waals surface area (Å²) < 4.78 is 0. The molecule has 3 aromatic rings. The van der Waals surface area contributed by atoms with Gasteiger partial charge in [0.1, 0.15) is 0 Å². The summed E-state index contributed by atoms with van der Waals surface area (Å²) in [5, 5.41) is 15.9. The van der Waals surface area contributed by atoms with E-state index in [2.05, 4.69) is 21.3 Å². The molecule has 0 aliphatic carbocycles. The van der Waals surface area contributed by atoms with Gasteiger partial charge in [0.25, 0.3) is 0 Å². The Labute approximate surface area is 110 Å². The van der Waals surface area contributed by atoms with Crippen LogP contribution in [0.1, 0.15) is 5.56 Å². The van der Waals surface area contributed by atoms with Crippen molar-refractivity contribution < 1.29 is 0 Å². The standard InChI is InChI=1S/C15H10N4/c16-8-11-3-5-12(6-4-11)15-14(10-18-19-15)13-2-1-7-17-9-13/h1-7,9-10H,(H,18,19). The number of nitrogens with zero attached hydrogens (tertiary/aromatic N) is 3. The van der Waals surface area contributed by atoms with Gasteiger partial charge < -0.3 is 0 Å². The highest BCUT2D eigenvalue weighted by Crippen LogP contribution is 2.29. The van der Waals surface area contributed by atoms with Gasteiger partial charge in [-0.3, -0.25) is 10.1 Å². The van der Waals surface area contributed by atoms with E-state index in [0.29, 0.717) is 5.56 Å². The van der Waals surface area contributed by atoms with Crippen molar-refractivity contribution in [2.24, 2.45) is 0 Å². The largest absolute Gasteiger partial charge is 0.277 e. The number of rotatable bonds is 2. The van der Waals surface area contributed by atoms with E-state index in [9.17, 15) is 0 Å². The molecule has 0 saturated carbocycles.